The first-order chi connectivity index (χ1) is 12.8. The molecule has 0 saturated heterocycles. The molecule has 29 heavy (non-hydrogen) atoms. The minimum absolute atomic E-state index is 0.0838. The molecule has 0 bridgehead atoms. The summed E-state index contributed by atoms with van der Waals surface area (Å²) in [6.45, 7) is 6.11. The number of benzene rings is 1. The number of carbonyl (C=O) groups is 1. The third-order valence-electron chi connectivity index (χ3n) is 3.96. The summed E-state index contributed by atoms with van der Waals surface area (Å²) in [7, 11) is -10.1. The van der Waals surface area contributed by atoms with Gasteiger partial charge in [0, 0.05) is 11.6 Å². The molecular weight excluding hydrogens is 424 g/mol. The van der Waals surface area contributed by atoms with E-state index < -0.39 is 49.4 Å². The Morgan fingerprint density at radius 2 is 1.72 bits per heavy atom. The smallest absolute Gasteiger partial charge is 0.310 e. The molecule has 162 valence electrons. The van der Waals surface area contributed by atoms with Crippen LogP contribution in [-0.4, -0.2) is 15.9 Å². The Hall–Kier alpha value is -2.50. The number of nitrogens with zero attached hydrogens (tertiary/aromatic N) is 1. The average molecular weight is 443 g/mol. The molecule has 1 aromatic heterocycles. The lowest BCUT2D eigenvalue weighted by molar-refractivity contribution is 0.0894. The quantitative estimate of drug-likeness (QED) is 0.622. The Kier molecular flexibility index (Phi) is 4.91. The first kappa shape index (κ1) is 22.8. The second-order valence-corrected chi connectivity index (χ2v) is 10.1. The maximum Gasteiger partial charge on any atom is 0.310 e. The van der Waals surface area contributed by atoms with Crippen LogP contribution < -0.4 is 10.9 Å². The van der Waals surface area contributed by atoms with Gasteiger partial charge >= 0.3 is 10.2 Å². The van der Waals surface area contributed by atoms with Crippen LogP contribution in [0.25, 0.3) is 0 Å². The fraction of sp³-hybridized carbons (Fsp3) is 0.353. The molecule has 2 rings (SSSR count). The van der Waals surface area contributed by atoms with Gasteiger partial charge in [0.05, 0.1) is 6.04 Å². The minimum atomic E-state index is -10.1. The molecule has 0 radical (unpaired) electrons. The number of hydrogen-bond donors (Lipinski definition) is 2. The van der Waals surface area contributed by atoms with E-state index in [1.165, 1.54) is 6.92 Å². The Balaban J connectivity index is 2.49. The highest BCUT2D eigenvalue weighted by Gasteiger charge is 2.65. The van der Waals surface area contributed by atoms with Crippen molar-refractivity contribution in [3.8, 4) is 0 Å². The van der Waals surface area contributed by atoms with Crippen molar-refractivity contribution in [1.29, 1.82) is 0 Å². The molecule has 0 aliphatic heterocycles. The zero-order valence-corrected chi connectivity index (χ0v) is 16.6. The first-order valence-corrected chi connectivity index (χ1v) is 10.2. The summed E-state index contributed by atoms with van der Waals surface area (Å²) < 4.78 is 79.1. The molecule has 2 aromatic rings. The number of carbonyl (C=O) groups excluding carboxylic acids is 1. The van der Waals surface area contributed by atoms with Gasteiger partial charge in [0.2, 0.25) is 0 Å². The second-order valence-electron chi connectivity index (χ2n) is 7.64. The molecule has 0 spiro atoms. The maximum atomic E-state index is 14.4. The van der Waals surface area contributed by atoms with Crippen molar-refractivity contribution in [3.05, 3.63) is 57.5 Å². The average Bonchev–Trinajstić information content (AvgIpc) is 2.48. The minimum Gasteiger partial charge on any atom is -0.343 e. The Morgan fingerprint density at radius 3 is 2.17 bits per heavy atom. The van der Waals surface area contributed by atoms with Crippen molar-refractivity contribution in [2.75, 3.05) is 0 Å². The van der Waals surface area contributed by atoms with E-state index in [0.717, 1.165) is 6.07 Å². The zero-order chi connectivity index (χ0) is 22.5. The largest absolute Gasteiger partial charge is 0.343 e. The van der Waals surface area contributed by atoms with Crippen molar-refractivity contribution >= 4 is 16.1 Å². The van der Waals surface area contributed by atoms with Gasteiger partial charge in [-0.2, -0.15) is 0 Å². The fourth-order valence-corrected chi connectivity index (χ4v) is 3.29. The Labute approximate surface area is 162 Å². The van der Waals surface area contributed by atoms with Crippen LogP contribution in [0.2, 0.25) is 0 Å². The molecular formula is C17H19F6N3O2S. The van der Waals surface area contributed by atoms with E-state index in [1.807, 2.05) is 0 Å². The number of aromatic amines is 1. The number of nitrogens with one attached hydrogen (secondary N) is 2. The summed E-state index contributed by atoms with van der Waals surface area (Å²) in [6.07, 6.45) is 0. The molecule has 2 N–H and O–H groups in total. The van der Waals surface area contributed by atoms with E-state index >= 15 is 0 Å². The third kappa shape index (κ3) is 5.52. The molecule has 0 fully saturated rings. The molecule has 0 saturated carbocycles. The lowest BCUT2D eigenvalue weighted by Gasteiger charge is -2.41. The monoisotopic (exact) mass is 443 g/mol. The molecule has 0 aliphatic carbocycles. The molecule has 1 amide bonds. The summed E-state index contributed by atoms with van der Waals surface area (Å²) in [5, 5.41) is 2.41. The van der Waals surface area contributed by atoms with E-state index in [1.54, 1.807) is 20.8 Å². The van der Waals surface area contributed by atoms with Crippen LogP contribution in [0.4, 0.5) is 23.8 Å². The van der Waals surface area contributed by atoms with E-state index in [2.05, 4.69) is 15.3 Å². The van der Waals surface area contributed by atoms with E-state index in [4.69, 9.17) is 0 Å². The number of aromatic nitrogens is 2. The van der Waals surface area contributed by atoms with Crippen LogP contribution in [0.3, 0.4) is 0 Å². The highest BCUT2D eigenvalue weighted by molar-refractivity contribution is 8.45. The number of hydrogen-bond acceptors (Lipinski definition) is 3. The summed E-state index contributed by atoms with van der Waals surface area (Å²) in [5.74, 6) is -2.29. The van der Waals surface area contributed by atoms with Crippen LogP contribution in [0.1, 0.15) is 48.7 Å². The zero-order valence-electron chi connectivity index (χ0n) is 15.8. The first-order valence-electron chi connectivity index (χ1n) is 8.20. The van der Waals surface area contributed by atoms with Crippen molar-refractivity contribution in [2.24, 2.45) is 5.41 Å². The van der Waals surface area contributed by atoms with Gasteiger partial charge in [0.25, 0.3) is 11.5 Å². The number of halogens is 6. The van der Waals surface area contributed by atoms with Crippen LogP contribution >= 0.6 is 10.2 Å². The summed E-state index contributed by atoms with van der Waals surface area (Å²) in [4.78, 5) is 27.8. The highest BCUT2D eigenvalue weighted by Crippen LogP contribution is 3.02. The molecule has 1 aromatic carbocycles. The maximum absolute atomic E-state index is 14.4. The van der Waals surface area contributed by atoms with Crippen LogP contribution in [0.5, 0.6) is 0 Å². The molecule has 0 aliphatic rings. The predicted octanol–water partition coefficient (Wildman–Crippen LogP) is 5.39. The van der Waals surface area contributed by atoms with Crippen LogP contribution in [-0.2, 0) is 0 Å². The lowest BCUT2D eigenvalue weighted by Crippen LogP contribution is -2.38. The van der Waals surface area contributed by atoms with Crippen LogP contribution in [0.15, 0.2) is 34.0 Å². The topological polar surface area (TPSA) is 74.8 Å². The normalized spacial score (nSPS) is 15.9. The van der Waals surface area contributed by atoms with E-state index in [0.29, 0.717) is 6.07 Å². The summed E-state index contributed by atoms with van der Waals surface area (Å²) >= 11 is 0. The number of aryl methyl sites for hydroxylation is 1. The van der Waals surface area contributed by atoms with E-state index in [9.17, 15) is 33.4 Å². The summed E-state index contributed by atoms with van der Waals surface area (Å²) in [5.41, 5.74) is -2.24. The van der Waals surface area contributed by atoms with E-state index in [-0.39, 0.29) is 23.7 Å². The summed E-state index contributed by atoms with van der Waals surface area (Å²) in [6, 6.07) is 0.0620. The van der Waals surface area contributed by atoms with Gasteiger partial charge in [-0.05, 0) is 24.5 Å². The molecule has 1 heterocycles. The number of rotatable bonds is 4. The van der Waals surface area contributed by atoms with Crippen molar-refractivity contribution in [2.45, 2.75) is 38.6 Å². The molecule has 1 atom stereocenters. The van der Waals surface area contributed by atoms with Gasteiger partial charge in [-0.15, -0.1) is 0 Å². The van der Waals surface area contributed by atoms with Crippen molar-refractivity contribution in [1.82, 2.24) is 15.3 Å². The van der Waals surface area contributed by atoms with Crippen LogP contribution in [0, 0.1) is 18.2 Å². The van der Waals surface area contributed by atoms with Gasteiger partial charge in [-0.3, -0.25) is 9.59 Å². The second kappa shape index (κ2) is 6.25. The predicted molar refractivity (Wildman–Crippen MR) is 97.1 cm³/mol. The molecule has 12 heteroatoms. The fourth-order valence-electron chi connectivity index (χ4n) is 2.64. The highest BCUT2D eigenvalue weighted by atomic mass is 32.5. The SMILES string of the molecule is Cc1nc(C(=O)N[C@@H](c2ccc(S(F)(F)(F)(F)F)cc2F)C(C)(C)C)cc(=O)[nH]1. The Bertz CT molecular complexity index is 1030. The van der Waals surface area contributed by atoms with Crippen molar-refractivity contribution < 1.29 is 28.6 Å². The molecule has 5 nitrogen and oxygen atoms in total. The standard InChI is InChI=1S/C17H19F6N3O2S/c1-9-24-13(8-14(27)25-9)16(28)26-15(17(2,3)4)11-6-5-10(7-12(11)18)29(19,20,21,22)23/h5-8,15H,1-4H3,(H,26,28)(H,24,25,27)/t15-/m0/s1. The third-order valence-corrected chi connectivity index (χ3v) is 5.11. The molecule has 0 unspecified atom stereocenters. The van der Waals surface area contributed by atoms with Gasteiger partial charge in [-0.25, -0.2) is 9.37 Å². The Morgan fingerprint density at radius 1 is 1.14 bits per heavy atom. The number of amides is 1. The number of H-pyrrole nitrogens is 1. The van der Waals surface area contributed by atoms with Gasteiger partial charge < -0.3 is 10.3 Å². The lowest BCUT2D eigenvalue weighted by atomic mass is 9.82. The van der Waals surface area contributed by atoms with Gasteiger partial charge in [0.15, 0.2) is 0 Å². The van der Waals surface area contributed by atoms with Crippen molar-refractivity contribution in [3.63, 3.8) is 0 Å². The van der Waals surface area contributed by atoms with Gasteiger partial charge in [-0.1, -0.05) is 46.3 Å². The van der Waals surface area contributed by atoms with Gasteiger partial charge in [0.1, 0.15) is 22.2 Å².